The summed E-state index contributed by atoms with van der Waals surface area (Å²) >= 11 is 0.245. The average molecular weight is 291 g/mol. The zero-order valence-electron chi connectivity index (χ0n) is 8.99. The maximum Gasteiger partial charge on any atom is 0.252 e. The number of hydrogen-bond acceptors (Lipinski definition) is 6. The topological polar surface area (TPSA) is 90.7 Å². The monoisotopic (exact) mass is 291 g/mol. The smallest absolute Gasteiger partial charge is 0.252 e. The molecule has 5 nitrogen and oxygen atoms in total. The van der Waals surface area contributed by atoms with Gasteiger partial charge in [-0.3, -0.25) is 0 Å². The van der Waals surface area contributed by atoms with Gasteiger partial charge in [0, 0.05) is 6.07 Å². The molecule has 0 aliphatic rings. The van der Waals surface area contributed by atoms with E-state index in [9.17, 15) is 17.6 Å². The first-order valence-corrected chi connectivity index (χ1v) is 5.48. The number of hydrogen-bond donors (Lipinski definition) is 2. The Morgan fingerprint density at radius 1 is 0.842 bits per heavy atom. The second kappa shape index (κ2) is 4.88. The molecular weight excluding hydrogens is 286 g/mol. The van der Waals surface area contributed by atoms with Crippen LogP contribution in [0, 0.1) is 23.5 Å². The molecule has 0 aromatic carbocycles. The summed E-state index contributed by atoms with van der Waals surface area (Å²) in [5.41, 5.74) is 10.7. The minimum absolute atomic E-state index is 0.0502. The van der Waals surface area contributed by atoms with E-state index in [4.69, 9.17) is 11.5 Å². The molecule has 2 rings (SSSR count). The number of nitrogen functional groups attached to an aromatic ring is 2. The summed E-state index contributed by atoms with van der Waals surface area (Å²) in [7, 11) is 0. The molecule has 0 fully saturated rings. The Labute approximate surface area is 108 Å². The second-order valence-electron chi connectivity index (χ2n) is 3.25. The molecule has 0 bridgehead atoms. The van der Waals surface area contributed by atoms with E-state index in [1.165, 1.54) is 6.07 Å². The summed E-state index contributed by atoms with van der Waals surface area (Å²) < 4.78 is 52.5. The van der Waals surface area contributed by atoms with Gasteiger partial charge >= 0.3 is 0 Å². The highest BCUT2D eigenvalue weighted by Crippen LogP contribution is 2.32. The minimum Gasteiger partial charge on any atom is -0.383 e. The molecule has 0 amide bonds. The van der Waals surface area contributed by atoms with Crippen LogP contribution in [0.3, 0.4) is 0 Å². The highest BCUT2D eigenvalue weighted by Gasteiger charge is 2.22. The van der Waals surface area contributed by atoms with Crippen LogP contribution < -0.4 is 11.5 Å². The van der Waals surface area contributed by atoms with E-state index in [2.05, 4.69) is 15.0 Å². The molecule has 0 aliphatic heterocycles. The van der Waals surface area contributed by atoms with Crippen molar-refractivity contribution in [2.75, 3.05) is 11.5 Å². The van der Waals surface area contributed by atoms with Gasteiger partial charge in [0.2, 0.25) is 0 Å². The molecule has 2 aromatic rings. The van der Waals surface area contributed by atoms with E-state index in [1.54, 1.807) is 0 Å². The van der Waals surface area contributed by atoms with Gasteiger partial charge in [-0.15, -0.1) is 0 Å². The van der Waals surface area contributed by atoms with E-state index in [-0.39, 0.29) is 28.6 Å². The van der Waals surface area contributed by atoms with Crippen LogP contribution in [-0.4, -0.2) is 15.0 Å². The van der Waals surface area contributed by atoms with Crippen molar-refractivity contribution in [1.82, 2.24) is 15.0 Å². The summed E-state index contributed by atoms with van der Waals surface area (Å²) in [6, 6.07) is 1.21. The van der Waals surface area contributed by atoms with Gasteiger partial charge in [0.15, 0.2) is 16.8 Å². The van der Waals surface area contributed by atoms with Crippen molar-refractivity contribution >= 4 is 23.4 Å². The molecular formula is C9H5F4N5S. The van der Waals surface area contributed by atoms with E-state index >= 15 is 0 Å². The molecule has 0 unspecified atom stereocenters. The molecule has 10 heteroatoms. The standard InChI is InChI=1S/C9H5F4N5S/c10-4-6(5(11)8(13)18-7(4)12)19-9-16-2(14)1-3(15)17-9/h1H,(H4,14,15,16,17). The van der Waals surface area contributed by atoms with Crippen molar-refractivity contribution in [2.45, 2.75) is 10.1 Å². The summed E-state index contributed by atoms with van der Waals surface area (Å²) in [4.78, 5) is 8.70. The Bertz CT molecular complexity index is 604. The van der Waals surface area contributed by atoms with Crippen LogP contribution in [0.4, 0.5) is 29.2 Å². The molecule has 0 aliphatic carbocycles. The van der Waals surface area contributed by atoms with Crippen LogP contribution in [0.2, 0.25) is 0 Å². The first kappa shape index (κ1) is 13.3. The van der Waals surface area contributed by atoms with Crippen molar-refractivity contribution < 1.29 is 17.6 Å². The number of nitrogens with two attached hydrogens (primary N) is 2. The van der Waals surface area contributed by atoms with Crippen molar-refractivity contribution in [3.63, 3.8) is 0 Å². The van der Waals surface area contributed by atoms with Gasteiger partial charge in [0.05, 0.1) is 4.90 Å². The summed E-state index contributed by atoms with van der Waals surface area (Å²) in [6.45, 7) is 0. The van der Waals surface area contributed by atoms with Crippen LogP contribution in [-0.2, 0) is 0 Å². The predicted molar refractivity (Wildman–Crippen MR) is 59.0 cm³/mol. The number of pyridine rings is 1. The number of nitrogens with zero attached hydrogens (tertiary/aromatic N) is 3. The molecule has 19 heavy (non-hydrogen) atoms. The summed E-state index contributed by atoms with van der Waals surface area (Å²) in [5, 5.41) is -0.250. The molecule has 2 heterocycles. The van der Waals surface area contributed by atoms with Gasteiger partial charge < -0.3 is 11.5 Å². The highest BCUT2D eigenvalue weighted by molar-refractivity contribution is 7.99. The third-order valence-electron chi connectivity index (χ3n) is 1.90. The van der Waals surface area contributed by atoms with E-state index < -0.39 is 28.4 Å². The lowest BCUT2D eigenvalue weighted by Gasteiger charge is -2.05. The lowest BCUT2D eigenvalue weighted by Crippen LogP contribution is -2.04. The molecule has 100 valence electrons. The maximum absolute atomic E-state index is 13.3. The van der Waals surface area contributed by atoms with Crippen LogP contribution in [0.5, 0.6) is 0 Å². The van der Waals surface area contributed by atoms with Crippen molar-refractivity contribution in [3.8, 4) is 0 Å². The van der Waals surface area contributed by atoms with Gasteiger partial charge in [0.25, 0.3) is 11.9 Å². The Morgan fingerprint density at radius 2 is 1.32 bits per heavy atom. The first-order chi connectivity index (χ1) is 8.88. The van der Waals surface area contributed by atoms with Crippen molar-refractivity contribution in [1.29, 1.82) is 0 Å². The largest absolute Gasteiger partial charge is 0.383 e. The fourth-order valence-corrected chi connectivity index (χ4v) is 1.99. The van der Waals surface area contributed by atoms with Gasteiger partial charge in [-0.25, -0.2) is 18.7 Å². The quantitative estimate of drug-likeness (QED) is 0.497. The zero-order chi connectivity index (χ0) is 14.2. The Morgan fingerprint density at radius 3 is 1.79 bits per heavy atom. The van der Waals surface area contributed by atoms with Crippen molar-refractivity contribution in [3.05, 3.63) is 29.6 Å². The molecule has 0 saturated carbocycles. The summed E-state index contributed by atoms with van der Waals surface area (Å²) in [5.74, 6) is -6.92. The number of rotatable bonds is 2. The Kier molecular flexibility index (Phi) is 3.42. The van der Waals surface area contributed by atoms with Gasteiger partial charge in [-0.1, -0.05) is 0 Å². The lowest BCUT2D eigenvalue weighted by molar-refractivity contribution is 0.383. The van der Waals surface area contributed by atoms with Crippen molar-refractivity contribution in [2.24, 2.45) is 0 Å². The van der Waals surface area contributed by atoms with Crippen LogP contribution in [0.1, 0.15) is 0 Å². The predicted octanol–water partition coefficient (Wildman–Crippen LogP) is 1.74. The lowest BCUT2D eigenvalue weighted by atomic mass is 10.4. The normalized spacial score (nSPS) is 10.7. The van der Waals surface area contributed by atoms with Crippen LogP contribution in [0.15, 0.2) is 16.1 Å². The average Bonchev–Trinajstić information content (AvgIpc) is 2.31. The fourth-order valence-electron chi connectivity index (χ4n) is 1.16. The second-order valence-corrected chi connectivity index (χ2v) is 4.23. The SMILES string of the molecule is Nc1cc(N)nc(Sc2c(F)c(F)nc(F)c2F)n1. The van der Waals surface area contributed by atoms with Crippen LogP contribution >= 0.6 is 11.8 Å². The van der Waals surface area contributed by atoms with E-state index in [0.717, 1.165) is 0 Å². The fraction of sp³-hybridized carbons (Fsp3) is 0. The van der Waals surface area contributed by atoms with Crippen LogP contribution in [0.25, 0.3) is 0 Å². The number of anilines is 2. The third kappa shape index (κ3) is 2.67. The molecule has 2 aromatic heterocycles. The highest BCUT2D eigenvalue weighted by atomic mass is 32.2. The molecule has 0 spiro atoms. The Balaban J connectivity index is 2.49. The maximum atomic E-state index is 13.3. The number of aromatic nitrogens is 3. The third-order valence-corrected chi connectivity index (χ3v) is 2.82. The van der Waals surface area contributed by atoms with Gasteiger partial charge in [-0.2, -0.15) is 13.8 Å². The van der Waals surface area contributed by atoms with Gasteiger partial charge in [0.1, 0.15) is 11.6 Å². The molecule has 0 radical (unpaired) electrons. The van der Waals surface area contributed by atoms with E-state index in [1.807, 2.05) is 0 Å². The Hall–Kier alpha value is -2.10. The minimum atomic E-state index is -1.77. The zero-order valence-corrected chi connectivity index (χ0v) is 9.81. The van der Waals surface area contributed by atoms with E-state index in [0.29, 0.717) is 0 Å². The van der Waals surface area contributed by atoms with Gasteiger partial charge in [-0.05, 0) is 11.8 Å². The first-order valence-electron chi connectivity index (χ1n) is 4.66. The molecule has 0 atom stereocenters. The number of halogens is 4. The summed E-state index contributed by atoms with van der Waals surface area (Å²) in [6.07, 6.45) is 0. The molecule has 0 saturated heterocycles. The molecule has 4 N–H and O–H groups in total.